The summed E-state index contributed by atoms with van der Waals surface area (Å²) in [5.74, 6) is 0.285. The van der Waals surface area contributed by atoms with Crippen LogP contribution < -0.4 is 0 Å². The lowest BCUT2D eigenvalue weighted by molar-refractivity contribution is 0.0979. The number of rotatable bonds is 6. The Balaban J connectivity index is 2.85. The van der Waals surface area contributed by atoms with E-state index in [1.165, 1.54) is 11.1 Å². The molecule has 1 nitrogen and oxygen atoms in total. The molecule has 0 unspecified atom stereocenters. The van der Waals surface area contributed by atoms with Crippen molar-refractivity contribution in [1.82, 2.24) is 0 Å². The molecule has 0 saturated heterocycles. The third-order valence-electron chi connectivity index (χ3n) is 2.57. The largest absolute Gasteiger partial charge is 0.294 e. The number of ketones is 1. The number of benzene rings is 1. The maximum absolute atomic E-state index is 11.9. The van der Waals surface area contributed by atoms with Gasteiger partial charge in [0.1, 0.15) is 0 Å². The third kappa shape index (κ3) is 3.98. The van der Waals surface area contributed by atoms with Gasteiger partial charge in [-0.3, -0.25) is 4.79 Å². The van der Waals surface area contributed by atoms with Gasteiger partial charge < -0.3 is 0 Å². The fourth-order valence-electron chi connectivity index (χ4n) is 1.54. The van der Waals surface area contributed by atoms with Gasteiger partial charge in [-0.1, -0.05) is 70.7 Å². The van der Waals surface area contributed by atoms with E-state index in [0.717, 1.165) is 27.3 Å². The molecule has 88 valence electrons. The van der Waals surface area contributed by atoms with Crippen molar-refractivity contribution in [3.8, 4) is 0 Å². The Hall–Kier alpha value is 0.350. The molecule has 0 saturated carbocycles. The van der Waals surface area contributed by atoms with Crippen molar-refractivity contribution in [3.63, 3.8) is 0 Å². The molecule has 0 atom stereocenters. The Bertz CT molecular complexity index is 361. The summed E-state index contributed by atoms with van der Waals surface area (Å²) >= 11 is 4.72. The number of alkyl halides is 2. The Morgan fingerprint density at radius 3 is 2.44 bits per heavy atom. The van der Waals surface area contributed by atoms with Crippen LogP contribution in [0, 0.1) is 0 Å². The van der Waals surface area contributed by atoms with Gasteiger partial charge in [-0.05, 0) is 23.6 Å². The quantitative estimate of drug-likeness (QED) is 0.347. The van der Waals surface area contributed by atoms with Gasteiger partial charge in [-0.2, -0.15) is 0 Å². The van der Waals surface area contributed by atoms with E-state index in [-0.39, 0.29) is 5.78 Å². The van der Waals surface area contributed by atoms with Crippen molar-refractivity contribution in [2.24, 2.45) is 0 Å². The standard InChI is InChI=1S/C13H16I2O/c1-2-3-4-13(16)10-5-6-11(8-14)12(7-10)9-15/h5-7H,2-4,8-9H2,1H3. The second-order valence-electron chi connectivity index (χ2n) is 3.78. The van der Waals surface area contributed by atoms with Gasteiger partial charge in [0.15, 0.2) is 5.78 Å². The second kappa shape index (κ2) is 7.63. The highest BCUT2D eigenvalue weighted by Gasteiger charge is 2.08. The van der Waals surface area contributed by atoms with Crippen LogP contribution in [0.25, 0.3) is 0 Å². The van der Waals surface area contributed by atoms with Crippen LogP contribution in [0.3, 0.4) is 0 Å². The first-order chi connectivity index (χ1) is 7.72. The minimum Gasteiger partial charge on any atom is -0.294 e. The van der Waals surface area contributed by atoms with E-state index in [4.69, 9.17) is 0 Å². The molecule has 0 fully saturated rings. The van der Waals surface area contributed by atoms with Crippen LogP contribution in [0.5, 0.6) is 0 Å². The van der Waals surface area contributed by atoms with Crippen molar-refractivity contribution in [1.29, 1.82) is 0 Å². The van der Waals surface area contributed by atoms with Gasteiger partial charge in [-0.15, -0.1) is 0 Å². The lowest BCUT2D eigenvalue weighted by atomic mass is 10.0. The molecule has 0 heterocycles. The Labute approximate surface area is 125 Å². The average molecular weight is 442 g/mol. The molecule has 0 bridgehead atoms. The van der Waals surface area contributed by atoms with E-state index < -0.39 is 0 Å². The molecule has 0 aliphatic carbocycles. The molecule has 0 aliphatic heterocycles. The highest BCUT2D eigenvalue weighted by atomic mass is 127. The minimum absolute atomic E-state index is 0.285. The van der Waals surface area contributed by atoms with E-state index in [9.17, 15) is 4.79 Å². The zero-order valence-electron chi connectivity index (χ0n) is 9.43. The molecule has 0 amide bonds. The second-order valence-corrected chi connectivity index (χ2v) is 5.30. The van der Waals surface area contributed by atoms with E-state index >= 15 is 0 Å². The van der Waals surface area contributed by atoms with Crippen LogP contribution in [-0.2, 0) is 8.86 Å². The molecule has 16 heavy (non-hydrogen) atoms. The third-order valence-corrected chi connectivity index (χ3v) is 4.22. The topological polar surface area (TPSA) is 17.1 Å². The zero-order valence-corrected chi connectivity index (χ0v) is 13.7. The average Bonchev–Trinajstić information content (AvgIpc) is 2.34. The highest BCUT2D eigenvalue weighted by Crippen LogP contribution is 2.19. The number of carbonyl (C=O) groups excluding carboxylic acids is 1. The Kier molecular flexibility index (Phi) is 6.87. The predicted molar refractivity (Wildman–Crippen MR) is 85.7 cm³/mol. The van der Waals surface area contributed by atoms with Crippen LogP contribution in [0.1, 0.15) is 47.7 Å². The minimum atomic E-state index is 0.285. The summed E-state index contributed by atoms with van der Waals surface area (Å²) < 4.78 is 1.99. The maximum atomic E-state index is 11.9. The van der Waals surface area contributed by atoms with Gasteiger partial charge in [0.05, 0.1) is 0 Å². The predicted octanol–water partition coefficient (Wildman–Crippen LogP) is 4.93. The summed E-state index contributed by atoms with van der Waals surface area (Å²) in [5.41, 5.74) is 3.54. The van der Waals surface area contributed by atoms with Crippen LogP contribution in [0.15, 0.2) is 18.2 Å². The van der Waals surface area contributed by atoms with Crippen molar-refractivity contribution in [3.05, 3.63) is 34.9 Å². The highest BCUT2D eigenvalue weighted by molar-refractivity contribution is 14.1. The Morgan fingerprint density at radius 1 is 1.19 bits per heavy atom. The smallest absolute Gasteiger partial charge is 0.162 e. The molecular formula is C13H16I2O. The van der Waals surface area contributed by atoms with E-state index in [0.29, 0.717) is 6.42 Å². The summed E-state index contributed by atoms with van der Waals surface area (Å²) in [6.07, 6.45) is 2.75. The van der Waals surface area contributed by atoms with E-state index in [2.05, 4.69) is 64.2 Å². The molecule has 0 radical (unpaired) electrons. The van der Waals surface area contributed by atoms with Gasteiger partial charge in [0, 0.05) is 20.8 Å². The molecule has 1 rings (SSSR count). The molecule has 1 aromatic carbocycles. The normalized spacial score (nSPS) is 10.4. The summed E-state index contributed by atoms with van der Waals surface area (Å²) in [5, 5.41) is 0. The maximum Gasteiger partial charge on any atom is 0.162 e. The lowest BCUT2D eigenvalue weighted by Gasteiger charge is -2.07. The number of carbonyl (C=O) groups is 1. The summed E-state index contributed by atoms with van der Waals surface area (Å²) in [7, 11) is 0. The number of unbranched alkanes of at least 4 members (excludes halogenated alkanes) is 1. The van der Waals surface area contributed by atoms with Crippen molar-refractivity contribution in [2.45, 2.75) is 35.0 Å². The lowest BCUT2D eigenvalue weighted by Crippen LogP contribution is -2.01. The first-order valence-electron chi connectivity index (χ1n) is 5.49. The van der Waals surface area contributed by atoms with Gasteiger partial charge >= 0.3 is 0 Å². The molecule has 3 heteroatoms. The fourth-order valence-corrected chi connectivity index (χ4v) is 2.99. The fraction of sp³-hybridized carbons (Fsp3) is 0.462. The van der Waals surface area contributed by atoms with Crippen molar-refractivity contribution >= 4 is 51.0 Å². The van der Waals surface area contributed by atoms with Crippen LogP contribution in [0.4, 0.5) is 0 Å². The van der Waals surface area contributed by atoms with Crippen LogP contribution >= 0.6 is 45.2 Å². The monoisotopic (exact) mass is 442 g/mol. The molecule has 1 aromatic rings. The first-order valence-corrected chi connectivity index (χ1v) is 8.55. The Morgan fingerprint density at radius 2 is 1.88 bits per heavy atom. The van der Waals surface area contributed by atoms with Gasteiger partial charge in [0.25, 0.3) is 0 Å². The summed E-state index contributed by atoms with van der Waals surface area (Å²) in [6, 6.07) is 6.14. The van der Waals surface area contributed by atoms with Crippen molar-refractivity contribution < 1.29 is 4.79 Å². The number of hydrogen-bond acceptors (Lipinski definition) is 1. The van der Waals surface area contributed by atoms with Crippen LogP contribution in [-0.4, -0.2) is 5.78 Å². The molecular weight excluding hydrogens is 426 g/mol. The first kappa shape index (κ1) is 14.4. The van der Waals surface area contributed by atoms with Crippen LogP contribution in [0.2, 0.25) is 0 Å². The summed E-state index contributed by atoms with van der Waals surface area (Å²) in [4.78, 5) is 11.9. The number of hydrogen-bond donors (Lipinski definition) is 0. The SMILES string of the molecule is CCCCC(=O)c1ccc(CI)c(CI)c1. The van der Waals surface area contributed by atoms with Gasteiger partial charge in [0.2, 0.25) is 0 Å². The van der Waals surface area contributed by atoms with Crippen molar-refractivity contribution in [2.75, 3.05) is 0 Å². The number of Topliss-reactive ketones (excluding diaryl/α,β-unsaturated/α-hetero) is 1. The van der Waals surface area contributed by atoms with Gasteiger partial charge in [-0.25, -0.2) is 0 Å². The molecule has 0 N–H and O–H groups in total. The molecule has 0 spiro atoms. The molecule has 0 aliphatic rings. The summed E-state index contributed by atoms with van der Waals surface area (Å²) in [6.45, 7) is 2.11. The van der Waals surface area contributed by atoms with E-state index in [1.807, 2.05) is 6.07 Å². The molecule has 0 aromatic heterocycles. The van der Waals surface area contributed by atoms with E-state index in [1.54, 1.807) is 0 Å². The zero-order chi connectivity index (χ0) is 12.0. The number of halogens is 2.